The highest BCUT2D eigenvalue weighted by Crippen LogP contribution is 2.21. The lowest BCUT2D eigenvalue weighted by molar-refractivity contribution is -0.0914. The van der Waals surface area contributed by atoms with Gasteiger partial charge < -0.3 is 14.8 Å². The molecule has 0 fully saturated rings. The summed E-state index contributed by atoms with van der Waals surface area (Å²) < 4.78 is 10.3. The number of hydrogen-bond donors (Lipinski definition) is 1. The average molecular weight is 223 g/mol. The van der Waals surface area contributed by atoms with Crippen molar-refractivity contribution in [1.82, 2.24) is 0 Å². The molecule has 0 saturated heterocycles. The van der Waals surface area contributed by atoms with Crippen molar-refractivity contribution >= 4 is 5.69 Å². The second-order valence-electron chi connectivity index (χ2n) is 4.06. The molecule has 3 nitrogen and oxygen atoms in total. The third kappa shape index (κ3) is 3.22. The van der Waals surface area contributed by atoms with E-state index in [9.17, 15) is 0 Å². The van der Waals surface area contributed by atoms with E-state index in [-0.39, 0.29) is 6.29 Å². The van der Waals surface area contributed by atoms with Crippen molar-refractivity contribution in [3.05, 3.63) is 28.8 Å². The molecule has 0 atom stereocenters. The number of benzene rings is 1. The summed E-state index contributed by atoms with van der Waals surface area (Å²) in [7, 11) is 3.29. The Balaban J connectivity index is 2.74. The highest BCUT2D eigenvalue weighted by Gasteiger charge is 2.07. The Morgan fingerprint density at radius 3 is 2.00 bits per heavy atom. The third-order valence-corrected chi connectivity index (χ3v) is 2.65. The molecule has 0 amide bonds. The Morgan fingerprint density at radius 2 is 1.56 bits per heavy atom. The summed E-state index contributed by atoms with van der Waals surface area (Å²) in [6.45, 7) is 6.97. The SMILES string of the molecule is COC(CNc1c(C)cc(C)cc1C)OC. The van der Waals surface area contributed by atoms with E-state index in [1.54, 1.807) is 14.2 Å². The Hall–Kier alpha value is -1.06. The average Bonchev–Trinajstić information content (AvgIpc) is 2.22. The van der Waals surface area contributed by atoms with E-state index in [1.807, 2.05) is 0 Å². The molecule has 0 heterocycles. The van der Waals surface area contributed by atoms with Crippen LogP contribution < -0.4 is 5.32 Å². The van der Waals surface area contributed by atoms with Crippen LogP contribution in [0.5, 0.6) is 0 Å². The van der Waals surface area contributed by atoms with Crippen LogP contribution in [0.1, 0.15) is 16.7 Å². The standard InChI is InChI=1S/C13H21NO2/c1-9-6-10(2)13(11(3)7-9)14-8-12(15-4)16-5/h6-7,12,14H,8H2,1-5H3. The largest absolute Gasteiger partial charge is 0.380 e. The number of hydrogen-bond acceptors (Lipinski definition) is 3. The predicted molar refractivity (Wildman–Crippen MR) is 66.9 cm³/mol. The van der Waals surface area contributed by atoms with Gasteiger partial charge in [0, 0.05) is 19.9 Å². The Morgan fingerprint density at radius 1 is 1.06 bits per heavy atom. The van der Waals surface area contributed by atoms with Gasteiger partial charge in [-0.05, 0) is 31.9 Å². The maximum atomic E-state index is 5.14. The fourth-order valence-electron chi connectivity index (χ4n) is 1.91. The van der Waals surface area contributed by atoms with Crippen LogP contribution >= 0.6 is 0 Å². The van der Waals surface area contributed by atoms with Crippen LogP contribution in [-0.2, 0) is 9.47 Å². The summed E-state index contributed by atoms with van der Waals surface area (Å²) in [6, 6.07) is 4.34. The summed E-state index contributed by atoms with van der Waals surface area (Å²) >= 11 is 0. The van der Waals surface area contributed by atoms with Gasteiger partial charge in [0.1, 0.15) is 0 Å². The topological polar surface area (TPSA) is 30.5 Å². The molecular formula is C13H21NO2. The fraction of sp³-hybridized carbons (Fsp3) is 0.538. The second-order valence-corrected chi connectivity index (χ2v) is 4.06. The van der Waals surface area contributed by atoms with E-state index in [1.165, 1.54) is 22.4 Å². The van der Waals surface area contributed by atoms with Gasteiger partial charge in [-0.1, -0.05) is 17.7 Å². The van der Waals surface area contributed by atoms with Crippen molar-refractivity contribution in [3.8, 4) is 0 Å². The maximum Gasteiger partial charge on any atom is 0.173 e. The molecule has 90 valence electrons. The highest BCUT2D eigenvalue weighted by atomic mass is 16.7. The number of aryl methyl sites for hydroxylation is 3. The molecule has 1 aromatic rings. The highest BCUT2D eigenvalue weighted by molar-refractivity contribution is 5.58. The summed E-state index contributed by atoms with van der Waals surface area (Å²) in [5.41, 5.74) is 4.96. The van der Waals surface area contributed by atoms with Crippen LogP contribution in [0, 0.1) is 20.8 Å². The van der Waals surface area contributed by atoms with Crippen LogP contribution in [-0.4, -0.2) is 27.1 Å². The lowest BCUT2D eigenvalue weighted by Gasteiger charge is -2.18. The predicted octanol–water partition coefficient (Wildman–Crippen LogP) is 2.64. The maximum absolute atomic E-state index is 5.14. The zero-order chi connectivity index (χ0) is 12.1. The smallest absolute Gasteiger partial charge is 0.173 e. The molecule has 0 bridgehead atoms. The van der Waals surface area contributed by atoms with Crippen molar-refractivity contribution in [1.29, 1.82) is 0 Å². The third-order valence-electron chi connectivity index (χ3n) is 2.65. The van der Waals surface area contributed by atoms with Gasteiger partial charge in [-0.2, -0.15) is 0 Å². The summed E-state index contributed by atoms with van der Waals surface area (Å²) in [6.07, 6.45) is -0.208. The Kier molecular flexibility index (Phi) is 4.77. The van der Waals surface area contributed by atoms with Crippen molar-refractivity contribution in [2.45, 2.75) is 27.1 Å². The number of rotatable bonds is 5. The van der Waals surface area contributed by atoms with Crippen molar-refractivity contribution in [2.24, 2.45) is 0 Å². The van der Waals surface area contributed by atoms with E-state index in [0.29, 0.717) is 6.54 Å². The molecule has 1 aromatic carbocycles. The molecule has 1 N–H and O–H groups in total. The molecule has 0 saturated carbocycles. The molecule has 0 spiro atoms. The molecule has 0 aromatic heterocycles. The van der Waals surface area contributed by atoms with Gasteiger partial charge >= 0.3 is 0 Å². The van der Waals surface area contributed by atoms with Gasteiger partial charge in [0.15, 0.2) is 6.29 Å². The first-order valence-electron chi connectivity index (χ1n) is 5.45. The van der Waals surface area contributed by atoms with Crippen molar-refractivity contribution in [3.63, 3.8) is 0 Å². The van der Waals surface area contributed by atoms with E-state index >= 15 is 0 Å². The minimum absolute atomic E-state index is 0.208. The van der Waals surface area contributed by atoms with Crippen LogP contribution in [0.4, 0.5) is 5.69 Å². The molecule has 0 aliphatic heterocycles. The monoisotopic (exact) mass is 223 g/mol. The van der Waals surface area contributed by atoms with E-state index in [0.717, 1.165) is 0 Å². The molecule has 0 unspecified atom stereocenters. The zero-order valence-electron chi connectivity index (χ0n) is 10.8. The Bertz CT molecular complexity index is 323. The van der Waals surface area contributed by atoms with Gasteiger partial charge in [-0.25, -0.2) is 0 Å². The number of anilines is 1. The minimum Gasteiger partial charge on any atom is -0.380 e. The van der Waals surface area contributed by atoms with Gasteiger partial charge in [-0.15, -0.1) is 0 Å². The van der Waals surface area contributed by atoms with Crippen LogP contribution in [0.3, 0.4) is 0 Å². The minimum atomic E-state index is -0.208. The molecule has 3 heteroatoms. The second kappa shape index (κ2) is 5.87. The molecule has 0 radical (unpaired) electrons. The normalized spacial score (nSPS) is 10.9. The molecule has 16 heavy (non-hydrogen) atoms. The first-order valence-corrected chi connectivity index (χ1v) is 5.45. The van der Waals surface area contributed by atoms with E-state index < -0.39 is 0 Å². The van der Waals surface area contributed by atoms with Gasteiger partial charge in [0.2, 0.25) is 0 Å². The molecular weight excluding hydrogens is 202 g/mol. The van der Waals surface area contributed by atoms with Gasteiger partial charge in [0.05, 0.1) is 6.54 Å². The summed E-state index contributed by atoms with van der Waals surface area (Å²) in [4.78, 5) is 0. The lowest BCUT2D eigenvalue weighted by atomic mass is 10.1. The fourth-order valence-corrected chi connectivity index (χ4v) is 1.91. The van der Waals surface area contributed by atoms with Gasteiger partial charge in [-0.3, -0.25) is 0 Å². The van der Waals surface area contributed by atoms with Crippen LogP contribution in [0.15, 0.2) is 12.1 Å². The van der Waals surface area contributed by atoms with Gasteiger partial charge in [0.25, 0.3) is 0 Å². The first-order chi connectivity index (χ1) is 7.58. The number of methoxy groups -OCH3 is 2. The zero-order valence-corrected chi connectivity index (χ0v) is 10.8. The van der Waals surface area contributed by atoms with Crippen molar-refractivity contribution < 1.29 is 9.47 Å². The Labute approximate surface area is 97.8 Å². The van der Waals surface area contributed by atoms with E-state index in [2.05, 4.69) is 38.2 Å². The lowest BCUT2D eigenvalue weighted by Crippen LogP contribution is -2.24. The molecule has 0 aliphatic rings. The molecule has 0 aliphatic carbocycles. The number of nitrogens with one attached hydrogen (secondary N) is 1. The van der Waals surface area contributed by atoms with Crippen LogP contribution in [0.25, 0.3) is 0 Å². The first kappa shape index (κ1) is 13.0. The van der Waals surface area contributed by atoms with E-state index in [4.69, 9.17) is 9.47 Å². The van der Waals surface area contributed by atoms with Crippen molar-refractivity contribution in [2.75, 3.05) is 26.1 Å². The summed E-state index contributed by atoms with van der Waals surface area (Å²) in [5, 5.41) is 3.36. The summed E-state index contributed by atoms with van der Waals surface area (Å²) in [5.74, 6) is 0. The van der Waals surface area contributed by atoms with Crippen LogP contribution in [0.2, 0.25) is 0 Å². The molecule has 1 rings (SSSR count). The quantitative estimate of drug-likeness (QED) is 0.778. The number of ether oxygens (including phenoxy) is 2.